The molecule has 2 rings (SSSR count). The normalized spacial score (nSPS) is 18.7. The molecule has 1 aromatic rings. The molecule has 3 nitrogen and oxygen atoms in total. The van der Waals surface area contributed by atoms with Crippen LogP contribution in [-0.2, 0) is 0 Å². The molecule has 1 N–H and O–H groups in total. The standard InChI is InChI=1S/C15H19ClO3/c1-19-13-10-11(6-7-12(13)16)14(17)15(18)8-4-2-3-5-9-15/h6-7,10,18H,2-5,8-9H2,1H3. The highest BCUT2D eigenvalue weighted by Crippen LogP contribution is 2.32. The number of Topliss-reactive ketones (excluding diaryl/α,β-unsaturated/α-hetero) is 1. The fraction of sp³-hybridized carbons (Fsp3) is 0.533. The molecule has 19 heavy (non-hydrogen) atoms. The summed E-state index contributed by atoms with van der Waals surface area (Å²) < 4.78 is 5.11. The lowest BCUT2D eigenvalue weighted by atomic mass is 9.86. The highest BCUT2D eigenvalue weighted by molar-refractivity contribution is 6.32. The molecular formula is C15H19ClO3. The van der Waals surface area contributed by atoms with Crippen molar-refractivity contribution in [3.63, 3.8) is 0 Å². The molecular weight excluding hydrogens is 264 g/mol. The highest BCUT2D eigenvalue weighted by Gasteiger charge is 2.36. The Morgan fingerprint density at radius 1 is 1.26 bits per heavy atom. The van der Waals surface area contributed by atoms with Gasteiger partial charge in [-0.3, -0.25) is 4.79 Å². The first-order chi connectivity index (χ1) is 9.07. The van der Waals surface area contributed by atoms with E-state index in [1.807, 2.05) is 0 Å². The van der Waals surface area contributed by atoms with Gasteiger partial charge in [0.1, 0.15) is 11.4 Å². The smallest absolute Gasteiger partial charge is 0.194 e. The van der Waals surface area contributed by atoms with Crippen LogP contribution in [0.3, 0.4) is 0 Å². The Morgan fingerprint density at radius 3 is 2.47 bits per heavy atom. The molecule has 0 amide bonds. The maximum Gasteiger partial charge on any atom is 0.194 e. The molecule has 1 aliphatic rings. The highest BCUT2D eigenvalue weighted by atomic mass is 35.5. The number of rotatable bonds is 3. The Labute approximate surface area is 118 Å². The Balaban J connectivity index is 2.27. The van der Waals surface area contributed by atoms with Crippen LogP contribution in [0.15, 0.2) is 18.2 Å². The summed E-state index contributed by atoms with van der Waals surface area (Å²) >= 11 is 5.95. The third-order valence-electron chi connectivity index (χ3n) is 3.77. The number of hydrogen-bond acceptors (Lipinski definition) is 3. The number of ether oxygens (including phenoxy) is 1. The lowest BCUT2D eigenvalue weighted by Crippen LogP contribution is -2.38. The van der Waals surface area contributed by atoms with Crippen LogP contribution in [0.1, 0.15) is 48.9 Å². The maximum atomic E-state index is 12.5. The molecule has 0 radical (unpaired) electrons. The first-order valence-electron chi connectivity index (χ1n) is 6.67. The van der Waals surface area contributed by atoms with Gasteiger partial charge in [0, 0.05) is 5.56 Å². The number of methoxy groups -OCH3 is 1. The summed E-state index contributed by atoms with van der Waals surface area (Å²) in [5, 5.41) is 11.0. The Bertz CT molecular complexity index is 462. The zero-order valence-electron chi connectivity index (χ0n) is 11.1. The van der Waals surface area contributed by atoms with Crippen molar-refractivity contribution in [3.05, 3.63) is 28.8 Å². The van der Waals surface area contributed by atoms with E-state index in [1.54, 1.807) is 18.2 Å². The van der Waals surface area contributed by atoms with Crippen molar-refractivity contribution in [1.29, 1.82) is 0 Å². The van der Waals surface area contributed by atoms with Crippen molar-refractivity contribution >= 4 is 17.4 Å². The second kappa shape index (κ2) is 5.93. The maximum absolute atomic E-state index is 12.5. The van der Waals surface area contributed by atoms with E-state index in [2.05, 4.69) is 0 Å². The van der Waals surface area contributed by atoms with Crippen LogP contribution in [0.2, 0.25) is 5.02 Å². The van der Waals surface area contributed by atoms with Gasteiger partial charge in [-0.2, -0.15) is 0 Å². The van der Waals surface area contributed by atoms with Gasteiger partial charge in [0.05, 0.1) is 12.1 Å². The van der Waals surface area contributed by atoms with Gasteiger partial charge in [-0.05, 0) is 31.0 Å². The summed E-state index contributed by atoms with van der Waals surface area (Å²) in [6.45, 7) is 0. The molecule has 4 heteroatoms. The van der Waals surface area contributed by atoms with Crippen molar-refractivity contribution in [2.45, 2.75) is 44.1 Å². The molecule has 1 aliphatic carbocycles. The SMILES string of the molecule is COc1cc(C(=O)C2(O)CCCCCC2)ccc1Cl. The van der Waals surface area contributed by atoms with E-state index in [0.717, 1.165) is 25.7 Å². The lowest BCUT2D eigenvalue weighted by molar-refractivity contribution is 0.0238. The summed E-state index contributed by atoms with van der Waals surface area (Å²) in [4.78, 5) is 12.5. The van der Waals surface area contributed by atoms with Gasteiger partial charge in [-0.1, -0.05) is 37.3 Å². The van der Waals surface area contributed by atoms with Crippen molar-refractivity contribution in [1.82, 2.24) is 0 Å². The number of carbonyl (C=O) groups excluding carboxylic acids is 1. The van der Waals surface area contributed by atoms with Crippen LogP contribution in [-0.4, -0.2) is 23.6 Å². The predicted molar refractivity (Wildman–Crippen MR) is 75.0 cm³/mol. The van der Waals surface area contributed by atoms with Gasteiger partial charge in [-0.25, -0.2) is 0 Å². The molecule has 0 saturated heterocycles. The van der Waals surface area contributed by atoms with E-state index >= 15 is 0 Å². The Kier molecular flexibility index (Phi) is 4.48. The van der Waals surface area contributed by atoms with Crippen molar-refractivity contribution in [3.8, 4) is 5.75 Å². The van der Waals surface area contributed by atoms with E-state index in [0.29, 0.717) is 29.2 Å². The van der Waals surface area contributed by atoms with Crippen LogP contribution >= 0.6 is 11.6 Å². The fourth-order valence-corrected chi connectivity index (χ4v) is 2.80. The van der Waals surface area contributed by atoms with E-state index in [-0.39, 0.29) is 5.78 Å². The molecule has 0 spiro atoms. The largest absolute Gasteiger partial charge is 0.495 e. The van der Waals surface area contributed by atoms with Crippen molar-refractivity contribution < 1.29 is 14.6 Å². The first kappa shape index (κ1) is 14.4. The van der Waals surface area contributed by atoms with E-state index in [1.165, 1.54) is 7.11 Å². The average molecular weight is 283 g/mol. The molecule has 0 bridgehead atoms. The second-order valence-corrected chi connectivity index (χ2v) is 5.53. The minimum Gasteiger partial charge on any atom is -0.495 e. The Morgan fingerprint density at radius 2 is 1.89 bits per heavy atom. The van der Waals surface area contributed by atoms with E-state index in [4.69, 9.17) is 16.3 Å². The zero-order chi connectivity index (χ0) is 13.9. The third-order valence-corrected chi connectivity index (χ3v) is 4.08. The van der Waals surface area contributed by atoms with Crippen LogP contribution in [0, 0.1) is 0 Å². The molecule has 0 aliphatic heterocycles. The van der Waals surface area contributed by atoms with Gasteiger partial charge in [0.25, 0.3) is 0 Å². The van der Waals surface area contributed by atoms with Crippen LogP contribution in [0.4, 0.5) is 0 Å². The number of aliphatic hydroxyl groups is 1. The summed E-state index contributed by atoms with van der Waals surface area (Å²) in [7, 11) is 1.51. The minimum atomic E-state index is -1.23. The van der Waals surface area contributed by atoms with Gasteiger partial charge in [0.2, 0.25) is 0 Å². The number of ketones is 1. The van der Waals surface area contributed by atoms with Gasteiger partial charge < -0.3 is 9.84 Å². The monoisotopic (exact) mass is 282 g/mol. The first-order valence-corrected chi connectivity index (χ1v) is 7.05. The van der Waals surface area contributed by atoms with Crippen molar-refractivity contribution in [2.24, 2.45) is 0 Å². The summed E-state index contributed by atoms with van der Waals surface area (Å²) in [5.41, 5.74) is -0.763. The van der Waals surface area contributed by atoms with E-state index < -0.39 is 5.60 Å². The summed E-state index contributed by atoms with van der Waals surface area (Å²) in [6, 6.07) is 4.89. The molecule has 0 atom stereocenters. The van der Waals surface area contributed by atoms with Crippen molar-refractivity contribution in [2.75, 3.05) is 7.11 Å². The number of hydrogen-bond donors (Lipinski definition) is 1. The molecule has 0 heterocycles. The number of halogens is 1. The lowest BCUT2D eigenvalue weighted by Gasteiger charge is -2.25. The van der Waals surface area contributed by atoms with Crippen LogP contribution in [0.5, 0.6) is 5.75 Å². The summed E-state index contributed by atoms with van der Waals surface area (Å²) in [6.07, 6.45) is 5.03. The van der Waals surface area contributed by atoms with Gasteiger partial charge in [-0.15, -0.1) is 0 Å². The summed E-state index contributed by atoms with van der Waals surface area (Å²) in [5.74, 6) is 0.245. The Hall–Kier alpha value is -1.06. The second-order valence-electron chi connectivity index (χ2n) is 5.12. The number of carbonyl (C=O) groups is 1. The minimum absolute atomic E-state index is 0.218. The molecule has 1 saturated carbocycles. The molecule has 104 valence electrons. The predicted octanol–water partition coefficient (Wildman–Crippen LogP) is 3.62. The number of benzene rings is 1. The topological polar surface area (TPSA) is 46.5 Å². The molecule has 0 aromatic heterocycles. The van der Waals surface area contributed by atoms with Gasteiger partial charge >= 0.3 is 0 Å². The van der Waals surface area contributed by atoms with E-state index in [9.17, 15) is 9.90 Å². The quantitative estimate of drug-likeness (QED) is 0.680. The van der Waals surface area contributed by atoms with Crippen LogP contribution in [0.25, 0.3) is 0 Å². The average Bonchev–Trinajstić information content (AvgIpc) is 2.64. The fourth-order valence-electron chi connectivity index (χ4n) is 2.61. The molecule has 1 aromatic carbocycles. The zero-order valence-corrected chi connectivity index (χ0v) is 11.9. The van der Waals surface area contributed by atoms with Crippen LogP contribution < -0.4 is 4.74 Å². The molecule has 0 unspecified atom stereocenters. The third kappa shape index (κ3) is 3.10. The van der Waals surface area contributed by atoms with Gasteiger partial charge in [0.15, 0.2) is 5.78 Å². The molecule has 1 fully saturated rings.